The van der Waals surface area contributed by atoms with E-state index < -0.39 is 61.8 Å². The highest BCUT2D eigenvalue weighted by atomic mass is 79.9. The van der Waals surface area contributed by atoms with Gasteiger partial charge in [0.15, 0.2) is 0 Å². The van der Waals surface area contributed by atoms with Gasteiger partial charge in [0.2, 0.25) is 20.0 Å². The lowest BCUT2D eigenvalue weighted by Gasteiger charge is -2.32. The number of benzene rings is 8. The fourth-order valence-corrected chi connectivity index (χ4v) is 13.4. The number of hydrogen-bond donors (Lipinski definition) is 2. The van der Waals surface area contributed by atoms with Gasteiger partial charge in [0.1, 0.15) is 46.0 Å². The molecule has 0 atom stereocenters. The van der Waals surface area contributed by atoms with Crippen LogP contribution in [-0.4, -0.2) is 122 Å². The third kappa shape index (κ3) is 14.8. The maximum Gasteiger partial charge on any atom is 0.497 e. The summed E-state index contributed by atoms with van der Waals surface area (Å²) in [4.78, 5) is 55.8. The SMILES string of the molecule is CNC(=O)c1c(-c2ccc(F)cc2)oc2cc(N(C)S(C)(=O)=O)c(-c3ccc4c(c3)C(=O)N(Cc3ccc(F)cc3)CC4)cc12.CNC(=O)c1c(-c2ccc(F)cc2)oc2cc(N(C)S(C)(=O)=O)c(B3OC(C)(C)C(C)(C)O3)cc12.O=C1c2cc(Br)ccc2CCN1Cc1ccc(F)cc1. The van der Waals surface area contributed by atoms with Gasteiger partial charge in [-0.25, -0.2) is 34.4 Å². The van der Waals surface area contributed by atoms with Crippen LogP contribution in [-0.2, 0) is 55.3 Å². The van der Waals surface area contributed by atoms with Crippen LogP contribution in [0.2, 0.25) is 0 Å². The Balaban J connectivity index is 0.000000162. The number of rotatable bonds is 14. The summed E-state index contributed by atoms with van der Waals surface area (Å²) in [6.07, 6.45) is 3.64. The van der Waals surface area contributed by atoms with Crippen LogP contribution in [0, 0.1) is 23.3 Å². The van der Waals surface area contributed by atoms with Gasteiger partial charge >= 0.3 is 7.12 Å². The number of carbonyl (C=O) groups is 4. The van der Waals surface area contributed by atoms with E-state index in [2.05, 4.69) is 26.6 Å². The fraction of sp³-hybridized carbons (Fsp3) is 0.243. The molecule has 3 aliphatic rings. The van der Waals surface area contributed by atoms with E-state index in [0.29, 0.717) is 82.3 Å². The van der Waals surface area contributed by atoms with Crippen LogP contribution in [0.25, 0.3) is 55.7 Å². The molecule has 0 unspecified atom stereocenters. The number of nitrogens with zero attached hydrogens (tertiary/aromatic N) is 4. The Kier molecular flexibility index (Phi) is 20.2. The van der Waals surface area contributed by atoms with Gasteiger partial charge in [0.05, 0.1) is 46.2 Å². The first-order chi connectivity index (χ1) is 47.2. The molecule has 18 nitrogen and oxygen atoms in total. The second-order valence-corrected chi connectivity index (χ2v) is 30.4. The van der Waals surface area contributed by atoms with Crippen LogP contribution in [0.4, 0.5) is 28.9 Å². The van der Waals surface area contributed by atoms with Gasteiger partial charge in [-0.05, 0) is 171 Å². The lowest BCUT2D eigenvalue weighted by Crippen LogP contribution is -2.41. The zero-order valence-electron chi connectivity index (χ0n) is 56.2. The number of amides is 4. The first-order valence-corrected chi connectivity index (χ1v) is 36.1. The van der Waals surface area contributed by atoms with Gasteiger partial charge in [-0.3, -0.25) is 27.8 Å². The lowest BCUT2D eigenvalue weighted by atomic mass is 9.77. The molecule has 100 heavy (non-hydrogen) atoms. The molecule has 3 aliphatic heterocycles. The van der Waals surface area contributed by atoms with Gasteiger partial charge in [0.25, 0.3) is 23.6 Å². The van der Waals surface area contributed by atoms with E-state index >= 15 is 0 Å². The molecule has 1 saturated heterocycles. The van der Waals surface area contributed by atoms with Crippen LogP contribution in [0.15, 0.2) is 171 Å². The van der Waals surface area contributed by atoms with E-state index in [4.69, 9.17) is 18.1 Å². The van der Waals surface area contributed by atoms with Crippen LogP contribution in [0.5, 0.6) is 0 Å². The number of nitrogens with one attached hydrogen (secondary N) is 2. The molecule has 10 aromatic rings. The molecular weight excluding hydrogens is 1400 g/mol. The normalized spacial score (nSPS) is 14.8. The average Bonchev–Trinajstić information content (AvgIpc) is 1.56. The molecule has 2 N–H and O–H groups in total. The second-order valence-electron chi connectivity index (χ2n) is 25.5. The Morgan fingerprint density at radius 2 is 0.900 bits per heavy atom. The molecule has 0 aliphatic carbocycles. The third-order valence-electron chi connectivity index (χ3n) is 18.3. The number of carbonyl (C=O) groups excluding carboxylic acids is 4. The molecule has 2 aromatic heterocycles. The summed E-state index contributed by atoms with van der Waals surface area (Å²) >= 11 is 3.40. The zero-order chi connectivity index (χ0) is 72.1. The first kappa shape index (κ1) is 71.7. The Hall–Kier alpha value is -9.60. The van der Waals surface area contributed by atoms with Crippen molar-refractivity contribution >= 4 is 105 Å². The van der Waals surface area contributed by atoms with E-state index in [1.807, 2.05) is 62.9 Å². The van der Waals surface area contributed by atoms with Crippen molar-refractivity contribution in [2.45, 2.75) is 64.8 Å². The van der Waals surface area contributed by atoms with E-state index in [-0.39, 0.29) is 62.9 Å². The summed E-state index contributed by atoms with van der Waals surface area (Å²) in [5.74, 6) is -2.07. The summed E-state index contributed by atoms with van der Waals surface area (Å²) in [7, 11) is -2.48. The Morgan fingerprint density at radius 1 is 0.520 bits per heavy atom. The molecule has 5 heterocycles. The van der Waals surface area contributed by atoms with Crippen LogP contribution >= 0.6 is 15.9 Å². The minimum absolute atomic E-state index is 0.0388. The first-order valence-electron chi connectivity index (χ1n) is 31.6. The molecule has 518 valence electrons. The summed E-state index contributed by atoms with van der Waals surface area (Å²) in [6, 6.07) is 41.0. The summed E-state index contributed by atoms with van der Waals surface area (Å²) in [5, 5.41) is 6.10. The predicted molar refractivity (Wildman–Crippen MR) is 381 cm³/mol. The van der Waals surface area contributed by atoms with Gasteiger partial charge in [-0.2, -0.15) is 0 Å². The summed E-state index contributed by atoms with van der Waals surface area (Å²) in [6.45, 7) is 9.60. The Bertz CT molecular complexity index is 5080. The van der Waals surface area contributed by atoms with Crippen molar-refractivity contribution in [3.63, 3.8) is 0 Å². The van der Waals surface area contributed by atoms with Gasteiger partial charge in [-0.15, -0.1) is 0 Å². The largest absolute Gasteiger partial charge is 0.497 e. The van der Waals surface area contributed by atoms with Gasteiger partial charge < -0.3 is 38.6 Å². The van der Waals surface area contributed by atoms with Crippen molar-refractivity contribution in [2.24, 2.45) is 0 Å². The number of sulfonamides is 2. The maximum absolute atomic E-state index is 13.7. The number of hydrogen-bond acceptors (Lipinski definition) is 12. The van der Waals surface area contributed by atoms with Crippen molar-refractivity contribution in [1.82, 2.24) is 20.4 Å². The molecule has 0 bridgehead atoms. The fourth-order valence-electron chi connectivity index (χ4n) is 12.0. The van der Waals surface area contributed by atoms with Crippen molar-refractivity contribution in [3.05, 3.63) is 230 Å². The van der Waals surface area contributed by atoms with Gasteiger partial charge in [0, 0.05) is 115 Å². The van der Waals surface area contributed by atoms with E-state index in [1.54, 1.807) is 59.5 Å². The Labute approximate surface area is 585 Å². The van der Waals surface area contributed by atoms with Crippen LogP contribution in [0.1, 0.15) is 91.4 Å². The summed E-state index contributed by atoms with van der Waals surface area (Å²) in [5.41, 5.74) is 7.52. The average molecular weight is 1470 g/mol. The highest BCUT2D eigenvalue weighted by molar-refractivity contribution is 9.10. The molecule has 8 aromatic carbocycles. The number of anilines is 2. The quantitative estimate of drug-likeness (QED) is 0.0767. The van der Waals surface area contributed by atoms with Gasteiger partial charge in [-0.1, -0.05) is 58.4 Å². The third-order valence-corrected chi connectivity index (χ3v) is 21.2. The van der Waals surface area contributed by atoms with Crippen molar-refractivity contribution in [1.29, 1.82) is 0 Å². The highest BCUT2D eigenvalue weighted by Gasteiger charge is 2.53. The second kappa shape index (κ2) is 28.2. The molecule has 0 saturated carbocycles. The standard InChI is InChI=1S/C34H29F2N3O5S.C24H28BFN2O6S.C16H13BrFNO/c1-37-33(40)31-28-17-26(29(38(2)45(3,42)43)18-30(28)44-32(31)22-8-12-25(36)13-9-22)23-7-6-21-14-15-39(34(41)27(21)16-23)19-20-4-10-24(35)11-5-20;1-23(2)24(3,4)34-25(33-23)17-12-16-19(13-18(17)28(6)35(7,30)31)32-21(20(16)22(29)27-5)14-8-10-15(26)11-9-14;17-13-4-3-12-7-8-19(16(20)15(12)9-13)10-11-1-5-14(18)6-2-11/h4-13,16-18H,14-15,19H2,1-3H3,(H,37,40);8-13H,1-7H3,(H,27,29);1-6,9H,7-8,10H2. The molecule has 1 fully saturated rings. The minimum atomic E-state index is -3.74. The molecule has 4 amide bonds. The van der Waals surface area contributed by atoms with Crippen molar-refractivity contribution in [2.75, 3.05) is 62.4 Å². The van der Waals surface area contributed by atoms with Crippen LogP contribution < -0.4 is 24.7 Å². The van der Waals surface area contributed by atoms with E-state index in [9.17, 15) is 53.6 Å². The number of halogens is 5. The maximum atomic E-state index is 13.7. The smallest absolute Gasteiger partial charge is 0.455 e. The highest BCUT2D eigenvalue weighted by Crippen LogP contribution is 2.44. The Morgan fingerprint density at radius 3 is 1.33 bits per heavy atom. The molecule has 0 spiro atoms. The topological polar surface area (TPSA) is 218 Å². The van der Waals surface area contributed by atoms with Crippen molar-refractivity contribution < 1.29 is 71.7 Å². The van der Waals surface area contributed by atoms with Crippen LogP contribution in [0.3, 0.4) is 0 Å². The minimum Gasteiger partial charge on any atom is -0.455 e. The molecular formula is C74H70BBrF4N6O12S2. The van der Waals surface area contributed by atoms with Crippen molar-refractivity contribution in [3.8, 4) is 33.8 Å². The van der Waals surface area contributed by atoms with E-state index in [0.717, 1.165) is 59.8 Å². The predicted octanol–water partition coefficient (Wildman–Crippen LogP) is 13.1. The zero-order valence-corrected chi connectivity index (χ0v) is 59.4. The van der Waals surface area contributed by atoms with E-state index in [1.165, 1.54) is 101 Å². The molecule has 13 rings (SSSR count). The number of furan rings is 2. The molecule has 0 radical (unpaired) electrons. The monoisotopic (exact) mass is 1460 g/mol. The lowest BCUT2D eigenvalue weighted by molar-refractivity contribution is 0.00578. The molecule has 26 heteroatoms. The summed E-state index contributed by atoms with van der Waals surface area (Å²) < 4.78 is 132. The number of fused-ring (bicyclic) bond motifs is 4.